The van der Waals surface area contributed by atoms with Crippen LogP contribution in [0.1, 0.15) is 43.5 Å². The summed E-state index contributed by atoms with van der Waals surface area (Å²) in [6, 6.07) is 14.4. The summed E-state index contributed by atoms with van der Waals surface area (Å²) in [6.45, 7) is 3.65. The van der Waals surface area contributed by atoms with E-state index in [1.54, 1.807) is 51.1 Å². The summed E-state index contributed by atoms with van der Waals surface area (Å²) in [7, 11) is 1.36. The number of alkyl carbamates (subject to hydrolysis) is 1. The number of benzene rings is 3. The van der Waals surface area contributed by atoms with E-state index in [2.05, 4.69) is 5.32 Å². The molecular formula is C32H30ClF4N3O5. The van der Waals surface area contributed by atoms with E-state index in [0.717, 1.165) is 27.5 Å². The van der Waals surface area contributed by atoms with Gasteiger partial charge in [-0.1, -0.05) is 60.1 Å². The molecule has 4 aromatic rings. The molecule has 1 amide bonds. The predicted octanol–water partition coefficient (Wildman–Crippen LogP) is 6.81. The van der Waals surface area contributed by atoms with E-state index < -0.39 is 65.2 Å². The first-order valence-corrected chi connectivity index (χ1v) is 14.0. The van der Waals surface area contributed by atoms with E-state index in [1.165, 1.54) is 25.3 Å². The Balaban J connectivity index is 1.94. The highest BCUT2D eigenvalue weighted by Gasteiger charge is 2.35. The average Bonchev–Trinajstić information content (AvgIpc) is 2.96. The molecule has 0 aliphatic rings. The number of nitrogens with zero attached hydrogens (tertiary/aromatic N) is 2. The lowest BCUT2D eigenvalue weighted by Gasteiger charge is -2.25. The predicted molar refractivity (Wildman–Crippen MR) is 161 cm³/mol. The molecule has 1 atom stereocenters. The van der Waals surface area contributed by atoms with Crippen LogP contribution in [0.2, 0.25) is 5.02 Å². The summed E-state index contributed by atoms with van der Waals surface area (Å²) in [5.41, 5.74) is -4.41. The Kier molecular flexibility index (Phi) is 9.76. The summed E-state index contributed by atoms with van der Waals surface area (Å²) >= 11 is 6.52. The van der Waals surface area contributed by atoms with E-state index in [9.17, 15) is 31.9 Å². The third-order valence-electron chi connectivity index (χ3n) is 6.72. The third-order valence-corrected chi connectivity index (χ3v) is 7.11. The Hall–Kier alpha value is -4.58. The average molecular weight is 648 g/mol. The Morgan fingerprint density at radius 3 is 2.24 bits per heavy atom. The van der Waals surface area contributed by atoms with Gasteiger partial charge in [0.1, 0.15) is 17.2 Å². The van der Waals surface area contributed by atoms with Gasteiger partial charge in [-0.15, -0.1) is 0 Å². The minimum atomic E-state index is -4.93. The van der Waals surface area contributed by atoms with E-state index in [0.29, 0.717) is 11.6 Å². The van der Waals surface area contributed by atoms with Crippen molar-refractivity contribution >= 4 is 17.7 Å². The Morgan fingerprint density at radius 2 is 1.62 bits per heavy atom. The quantitative estimate of drug-likeness (QED) is 0.212. The van der Waals surface area contributed by atoms with Crippen molar-refractivity contribution in [3.63, 3.8) is 0 Å². The molecule has 0 fully saturated rings. The van der Waals surface area contributed by atoms with Gasteiger partial charge in [-0.25, -0.2) is 14.0 Å². The van der Waals surface area contributed by atoms with Crippen molar-refractivity contribution in [1.82, 2.24) is 14.5 Å². The second-order valence-corrected chi connectivity index (χ2v) is 11.4. The smallest absolute Gasteiger partial charge is 0.416 e. The van der Waals surface area contributed by atoms with Gasteiger partial charge in [-0.3, -0.25) is 13.9 Å². The Bertz CT molecular complexity index is 1820. The maximum atomic E-state index is 14.9. The second-order valence-electron chi connectivity index (χ2n) is 11.1. The number of alkyl halides is 3. The molecule has 45 heavy (non-hydrogen) atoms. The van der Waals surface area contributed by atoms with Gasteiger partial charge in [0, 0.05) is 17.3 Å². The minimum Gasteiger partial charge on any atom is -0.495 e. The number of ether oxygens (including phenoxy) is 2. The molecule has 1 aromatic heterocycles. The summed E-state index contributed by atoms with van der Waals surface area (Å²) in [5, 5.41) is 2.67. The van der Waals surface area contributed by atoms with Gasteiger partial charge >= 0.3 is 18.0 Å². The molecule has 13 heteroatoms. The fourth-order valence-corrected chi connectivity index (χ4v) is 5.00. The number of carbonyl (C=O) groups excluding carboxylic acids is 1. The van der Waals surface area contributed by atoms with Crippen molar-refractivity contribution in [3.05, 3.63) is 121 Å². The molecule has 0 saturated heterocycles. The van der Waals surface area contributed by atoms with Crippen LogP contribution in [0.25, 0.3) is 11.1 Å². The van der Waals surface area contributed by atoms with Crippen molar-refractivity contribution < 1.29 is 31.8 Å². The van der Waals surface area contributed by atoms with Crippen LogP contribution >= 0.6 is 11.6 Å². The molecule has 8 nitrogen and oxygen atoms in total. The van der Waals surface area contributed by atoms with Crippen LogP contribution in [-0.2, 0) is 24.0 Å². The number of carbonyl (C=O) groups is 1. The van der Waals surface area contributed by atoms with Crippen LogP contribution in [-0.4, -0.2) is 27.9 Å². The molecule has 4 rings (SSSR count). The molecule has 1 N–H and O–H groups in total. The van der Waals surface area contributed by atoms with Crippen LogP contribution in [0.3, 0.4) is 0 Å². The minimum absolute atomic E-state index is 0.00205. The highest BCUT2D eigenvalue weighted by Crippen LogP contribution is 2.35. The molecule has 0 aliphatic heterocycles. The zero-order chi connectivity index (χ0) is 33.1. The molecule has 238 valence electrons. The maximum Gasteiger partial charge on any atom is 0.416 e. The van der Waals surface area contributed by atoms with Crippen LogP contribution < -0.4 is 21.3 Å². The molecule has 3 aromatic carbocycles. The molecule has 0 aliphatic carbocycles. The lowest BCUT2D eigenvalue weighted by atomic mass is 10.0. The van der Waals surface area contributed by atoms with Crippen molar-refractivity contribution in [3.8, 4) is 16.9 Å². The van der Waals surface area contributed by atoms with Gasteiger partial charge in [0.05, 0.1) is 42.4 Å². The fourth-order valence-electron chi connectivity index (χ4n) is 4.70. The number of halogens is 5. The summed E-state index contributed by atoms with van der Waals surface area (Å²) in [4.78, 5) is 40.6. The van der Waals surface area contributed by atoms with Crippen molar-refractivity contribution in [2.24, 2.45) is 0 Å². The van der Waals surface area contributed by atoms with Crippen LogP contribution in [0.15, 0.2) is 82.5 Å². The number of nitrogens with one attached hydrogen (secondary N) is 1. The van der Waals surface area contributed by atoms with Gasteiger partial charge < -0.3 is 14.8 Å². The van der Waals surface area contributed by atoms with E-state index >= 15 is 0 Å². The Morgan fingerprint density at radius 1 is 0.956 bits per heavy atom. The standard InChI is InChI=1S/C32H30ClF4N3O5/c1-31(2,3)45-29(42)38-25(19-10-6-5-7-11-19)18-40-28(41)21(20-12-8-15-26(44-4)27(20)33)16-39(30(40)43)17-22-23(32(35,36)37)13-9-14-24(22)34/h5-16,25H,17-18H2,1-4H3,(H,38,42)/t25-/m1/s1. The monoisotopic (exact) mass is 647 g/mol. The first kappa shape index (κ1) is 33.3. The SMILES string of the molecule is COc1cccc(-c2cn(Cc3c(F)cccc3C(F)(F)F)c(=O)n(C[C@@H](NC(=O)OC(C)(C)C)c3ccccc3)c2=O)c1Cl. The zero-order valence-corrected chi connectivity index (χ0v) is 25.5. The number of rotatable bonds is 8. The summed E-state index contributed by atoms with van der Waals surface area (Å²) in [5.74, 6) is -0.996. The van der Waals surface area contributed by atoms with Gasteiger partial charge in [-0.2, -0.15) is 13.2 Å². The molecular weight excluding hydrogens is 618 g/mol. The van der Waals surface area contributed by atoms with E-state index in [1.807, 2.05) is 0 Å². The van der Waals surface area contributed by atoms with Crippen LogP contribution in [0, 0.1) is 5.82 Å². The van der Waals surface area contributed by atoms with Crippen LogP contribution in [0.4, 0.5) is 22.4 Å². The van der Waals surface area contributed by atoms with Gasteiger partial charge in [0.2, 0.25) is 0 Å². The molecule has 0 saturated carbocycles. The van der Waals surface area contributed by atoms with E-state index in [4.69, 9.17) is 21.1 Å². The second kappa shape index (κ2) is 13.2. The number of aromatic nitrogens is 2. The normalized spacial score (nSPS) is 12.5. The zero-order valence-electron chi connectivity index (χ0n) is 24.7. The molecule has 0 bridgehead atoms. The van der Waals surface area contributed by atoms with Gasteiger partial charge in [0.15, 0.2) is 0 Å². The van der Waals surface area contributed by atoms with Crippen LogP contribution in [0.5, 0.6) is 5.75 Å². The van der Waals surface area contributed by atoms with Crippen molar-refractivity contribution in [2.75, 3.05) is 7.11 Å². The largest absolute Gasteiger partial charge is 0.495 e. The first-order valence-electron chi connectivity index (χ1n) is 13.7. The molecule has 1 heterocycles. The molecule has 0 radical (unpaired) electrons. The lowest BCUT2D eigenvalue weighted by molar-refractivity contribution is -0.138. The topological polar surface area (TPSA) is 91.6 Å². The highest BCUT2D eigenvalue weighted by molar-refractivity contribution is 6.34. The van der Waals surface area contributed by atoms with Gasteiger partial charge in [0.25, 0.3) is 5.56 Å². The van der Waals surface area contributed by atoms with Gasteiger partial charge in [-0.05, 0) is 44.5 Å². The third kappa shape index (κ3) is 7.75. The maximum absolute atomic E-state index is 14.9. The number of hydrogen-bond acceptors (Lipinski definition) is 5. The number of amides is 1. The number of methoxy groups -OCH3 is 1. The summed E-state index contributed by atoms with van der Waals surface area (Å²) < 4.78 is 68.7. The molecule has 0 spiro atoms. The first-order chi connectivity index (χ1) is 21.1. The summed E-state index contributed by atoms with van der Waals surface area (Å²) in [6.07, 6.45) is -4.73. The van der Waals surface area contributed by atoms with E-state index in [-0.39, 0.29) is 21.9 Å². The number of hydrogen-bond donors (Lipinski definition) is 1. The fraction of sp³-hybridized carbons (Fsp3) is 0.281. The highest BCUT2D eigenvalue weighted by atomic mass is 35.5. The lowest BCUT2D eigenvalue weighted by Crippen LogP contribution is -2.45. The van der Waals surface area contributed by atoms with Crippen molar-refractivity contribution in [2.45, 2.75) is 51.7 Å². The van der Waals surface area contributed by atoms with Crippen molar-refractivity contribution in [1.29, 1.82) is 0 Å². The Labute approximate surface area is 260 Å². The molecule has 0 unspecified atom stereocenters.